The number of halogens is 2. The van der Waals surface area contributed by atoms with E-state index in [-0.39, 0.29) is 30.1 Å². The van der Waals surface area contributed by atoms with Gasteiger partial charge < -0.3 is 4.90 Å². The molecule has 8 heteroatoms. The SMILES string of the molecule is O=C(Cn1cc(C2CC2)nn1)N1CCN(C(c2ccc(F)cc2)c2ccc(F)cc2)CC1. The molecule has 1 aliphatic heterocycles. The molecule has 1 saturated heterocycles. The summed E-state index contributed by atoms with van der Waals surface area (Å²) >= 11 is 0. The predicted molar refractivity (Wildman–Crippen MR) is 115 cm³/mol. The highest BCUT2D eigenvalue weighted by Gasteiger charge is 2.29. The summed E-state index contributed by atoms with van der Waals surface area (Å²) in [4.78, 5) is 16.9. The Morgan fingerprint density at radius 3 is 2.00 bits per heavy atom. The number of nitrogens with zero attached hydrogens (tertiary/aromatic N) is 5. The Balaban J connectivity index is 1.26. The van der Waals surface area contributed by atoms with Crippen molar-refractivity contribution in [3.63, 3.8) is 0 Å². The second-order valence-corrected chi connectivity index (χ2v) is 8.54. The average molecular weight is 437 g/mol. The fourth-order valence-electron chi connectivity index (χ4n) is 4.33. The van der Waals surface area contributed by atoms with E-state index < -0.39 is 0 Å². The number of amides is 1. The molecule has 0 unspecified atom stereocenters. The molecule has 0 spiro atoms. The van der Waals surface area contributed by atoms with Crippen LogP contribution in [0, 0.1) is 11.6 Å². The average Bonchev–Trinajstić information content (AvgIpc) is 3.56. The predicted octanol–water partition coefficient (Wildman–Crippen LogP) is 3.37. The Hall–Kier alpha value is -3.13. The topological polar surface area (TPSA) is 54.3 Å². The third-order valence-corrected chi connectivity index (χ3v) is 6.25. The quantitative estimate of drug-likeness (QED) is 0.594. The Kier molecular flexibility index (Phi) is 5.70. The van der Waals surface area contributed by atoms with Crippen LogP contribution >= 0.6 is 0 Å². The second kappa shape index (κ2) is 8.78. The highest BCUT2D eigenvalue weighted by atomic mass is 19.1. The molecule has 32 heavy (non-hydrogen) atoms. The van der Waals surface area contributed by atoms with Crippen LogP contribution in [0.2, 0.25) is 0 Å². The van der Waals surface area contributed by atoms with Crippen molar-refractivity contribution in [1.82, 2.24) is 24.8 Å². The lowest BCUT2D eigenvalue weighted by atomic mass is 9.96. The second-order valence-electron chi connectivity index (χ2n) is 8.54. The van der Waals surface area contributed by atoms with Crippen molar-refractivity contribution in [2.75, 3.05) is 26.2 Å². The molecule has 2 aliphatic rings. The molecule has 6 nitrogen and oxygen atoms in total. The molecule has 5 rings (SSSR count). The van der Waals surface area contributed by atoms with Gasteiger partial charge in [0.25, 0.3) is 0 Å². The maximum atomic E-state index is 13.5. The molecule has 2 aromatic carbocycles. The summed E-state index contributed by atoms with van der Waals surface area (Å²) in [5.41, 5.74) is 2.85. The summed E-state index contributed by atoms with van der Waals surface area (Å²) in [6.07, 6.45) is 4.18. The summed E-state index contributed by atoms with van der Waals surface area (Å²) in [7, 11) is 0. The third kappa shape index (κ3) is 4.55. The molecule has 166 valence electrons. The summed E-state index contributed by atoms with van der Waals surface area (Å²) < 4.78 is 28.6. The fourth-order valence-corrected chi connectivity index (χ4v) is 4.33. The molecule has 1 aliphatic carbocycles. The lowest BCUT2D eigenvalue weighted by molar-refractivity contribution is -0.134. The van der Waals surface area contributed by atoms with Crippen LogP contribution in [0.1, 0.15) is 41.6 Å². The van der Waals surface area contributed by atoms with E-state index in [0.717, 1.165) is 29.7 Å². The van der Waals surface area contributed by atoms with Crippen molar-refractivity contribution >= 4 is 5.91 Å². The molecule has 0 N–H and O–H groups in total. The molecule has 2 fully saturated rings. The fraction of sp³-hybridized carbons (Fsp3) is 0.375. The summed E-state index contributed by atoms with van der Waals surface area (Å²) in [6.45, 7) is 2.69. The van der Waals surface area contributed by atoms with Crippen molar-refractivity contribution in [1.29, 1.82) is 0 Å². The minimum Gasteiger partial charge on any atom is -0.339 e. The summed E-state index contributed by atoms with van der Waals surface area (Å²) in [5.74, 6) is -0.0470. The highest BCUT2D eigenvalue weighted by molar-refractivity contribution is 5.76. The zero-order valence-electron chi connectivity index (χ0n) is 17.7. The first kappa shape index (κ1) is 20.8. The lowest BCUT2D eigenvalue weighted by Crippen LogP contribution is -2.50. The van der Waals surface area contributed by atoms with Gasteiger partial charge in [0, 0.05) is 38.3 Å². The largest absolute Gasteiger partial charge is 0.339 e. The van der Waals surface area contributed by atoms with Gasteiger partial charge in [-0.2, -0.15) is 0 Å². The molecule has 1 amide bonds. The van der Waals surface area contributed by atoms with Crippen LogP contribution in [0.25, 0.3) is 0 Å². The molecule has 0 radical (unpaired) electrons. The van der Waals surface area contributed by atoms with Crippen LogP contribution in [0.4, 0.5) is 8.78 Å². The Morgan fingerprint density at radius 2 is 1.47 bits per heavy atom. The third-order valence-electron chi connectivity index (χ3n) is 6.25. The smallest absolute Gasteiger partial charge is 0.244 e. The zero-order valence-corrected chi connectivity index (χ0v) is 17.7. The first-order valence-electron chi connectivity index (χ1n) is 11.0. The van der Waals surface area contributed by atoms with Gasteiger partial charge in [0.2, 0.25) is 5.91 Å². The van der Waals surface area contributed by atoms with Gasteiger partial charge in [0.1, 0.15) is 18.2 Å². The van der Waals surface area contributed by atoms with Gasteiger partial charge in [-0.1, -0.05) is 29.5 Å². The number of rotatable bonds is 6. The van der Waals surface area contributed by atoms with Crippen LogP contribution in [0.15, 0.2) is 54.7 Å². The molecule has 1 saturated carbocycles. The van der Waals surface area contributed by atoms with Crippen molar-refractivity contribution in [3.05, 3.63) is 83.2 Å². The standard InChI is InChI=1S/C24H25F2N5O/c25-20-7-3-18(4-8-20)24(19-5-9-21(26)10-6-19)30-13-11-29(12-14-30)23(32)16-31-15-22(27-28-31)17-1-2-17/h3-10,15,17,24H,1-2,11-14,16H2. The van der Waals surface area contributed by atoms with E-state index in [1.807, 2.05) is 11.1 Å². The minimum atomic E-state index is -0.292. The maximum absolute atomic E-state index is 13.5. The number of carbonyl (C=O) groups is 1. The monoisotopic (exact) mass is 437 g/mol. The number of carbonyl (C=O) groups excluding carboxylic acids is 1. The van der Waals surface area contributed by atoms with Crippen LogP contribution < -0.4 is 0 Å². The molecule has 3 aromatic rings. The van der Waals surface area contributed by atoms with Crippen molar-refractivity contribution < 1.29 is 13.6 Å². The number of benzene rings is 2. The number of aromatic nitrogens is 3. The van der Waals surface area contributed by atoms with Crippen molar-refractivity contribution in [3.8, 4) is 0 Å². The maximum Gasteiger partial charge on any atom is 0.244 e. The van der Waals surface area contributed by atoms with E-state index in [1.54, 1.807) is 28.9 Å². The summed E-state index contributed by atoms with van der Waals surface area (Å²) in [5, 5.41) is 8.27. The van der Waals surface area contributed by atoms with Crippen LogP contribution in [-0.4, -0.2) is 56.9 Å². The lowest BCUT2D eigenvalue weighted by Gasteiger charge is -2.39. The highest BCUT2D eigenvalue weighted by Crippen LogP contribution is 2.38. The van der Waals surface area contributed by atoms with Crippen molar-refractivity contribution in [2.45, 2.75) is 31.3 Å². The van der Waals surface area contributed by atoms with E-state index in [0.29, 0.717) is 32.1 Å². The van der Waals surface area contributed by atoms with E-state index in [1.165, 1.54) is 24.3 Å². The summed E-state index contributed by atoms with van der Waals surface area (Å²) in [6, 6.07) is 12.7. The van der Waals surface area contributed by atoms with Gasteiger partial charge in [0.05, 0.1) is 11.7 Å². The minimum absolute atomic E-state index is 0.0250. The Morgan fingerprint density at radius 1 is 0.906 bits per heavy atom. The Labute approximate surface area is 185 Å². The molecule has 2 heterocycles. The molecule has 0 atom stereocenters. The van der Waals surface area contributed by atoms with Gasteiger partial charge >= 0.3 is 0 Å². The first-order chi connectivity index (χ1) is 15.6. The van der Waals surface area contributed by atoms with E-state index >= 15 is 0 Å². The van der Waals surface area contributed by atoms with Gasteiger partial charge in [-0.3, -0.25) is 9.69 Å². The van der Waals surface area contributed by atoms with Gasteiger partial charge in [-0.05, 0) is 48.2 Å². The number of hydrogen-bond acceptors (Lipinski definition) is 4. The van der Waals surface area contributed by atoms with Crippen molar-refractivity contribution in [2.24, 2.45) is 0 Å². The van der Waals surface area contributed by atoms with E-state index in [2.05, 4.69) is 15.2 Å². The van der Waals surface area contributed by atoms with Gasteiger partial charge in [-0.15, -0.1) is 5.10 Å². The first-order valence-corrected chi connectivity index (χ1v) is 11.0. The molecule has 1 aromatic heterocycles. The van der Waals surface area contributed by atoms with Crippen LogP contribution in [0.3, 0.4) is 0 Å². The molecular weight excluding hydrogens is 412 g/mol. The Bertz CT molecular complexity index is 1030. The van der Waals surface area contributed by atoms with Gasteiger partial charge in [-0.25, -0.2) is 13.5 Å². The number of piperazine rings is 1. The zero-order chi connectivity index (χ0) is 22.1. The molecular formula is C24H25F2N5O. The van der Waals surface area contributed by atoms with Crippen LogP contribution in [0.5, 0.6) is 0 Å². The van der Waals surface area contributed by atoms with E-state index in [9.17, 15) is 13.6 Å². The normalized spacial score (nSPS) is 17.2. The number of hydrogen-bond donors (Lipinski definition) is 0. The van der Waals surface area contributed by atoms with Gasteiger partial charge in [0.15, 0.2) is 0 Å². The van der Waals surface area contributed by atoms with Crippen LogP contribution in [-0.2, 0) is 11.3 Å². The van der Waals surface area contributed by atoms with E-state index in [4.69, 9.17) is 0 Å². The molecule has 0 bridgehead atoms.